The maximum absolute atomic E-state index is 12.4. The van der Waals surface area contributed by atoms with E-state index in [4.69, 9.17) is 9.47 Å². The van der Waals surface area contributed by atoms with Gasteiger partial charge in [0.2, 0.25) is 10.9 Å². The summed E-state index contributed by atoms with van der Waals surface area (Å²) < 4.78 is 11.1. The molecule has 0 radical (unpaired) electrons. The molecule has 2 amide bonds. The highest BCUT2D eigenvalue weighted by molar-refractivity contribution is 7.13. The number of fused-ring (bicyclic) bond motifs is 1. The van der Waals surface area contributed by atoms with E-state index in [2.05, 4.69) is 20.8 Å². The van der Waals surface area contributed by atoms with Crippen molar-refractivity contribution in [3.63, 3.8) is 0 Å². The van der Waals surface area contributed by atoms with Crippen LogP contribution in [-0.4, -0.2) is 35.2 Å². The van der Waals surface area contributed by atoms with Crippen LogP contribution >= 0.6 is 11.3 Å². The Morgan fingerprint density at radius 3 is 2.66 bits per heavy atom. The summed E-state index contributed by atoms with van der Waals surface area (Å²) in [6.45, 7) is 3.01. The first-order chi connectivity index (χ1) is 15.6. The Balaban J connectivity index is 1.22. The number of para-hydroxylation sites is 1. The summed E-state index contributed by atoms with van der Waals surface area (Å²) in [6, 6.07) is 14.8. The largest absolute Gasteiger partial charge is 0.486 e. The van der Waals surface area contributed by atoms with E-state index in [0.29, 0.717) is 48.9 Å². The number of nitrogens with one attached hydrogen (secondary N) is 2. The van der Waals surface area contributed by atoms with E-state index in [1.165, 1.54) is 11.3 Å². The van der Waals surface area contributed by atoms with Crippen LogP contribution in [-0.2, 0) is 11.2 Å². The molecule has 4 rings (SSSR count). The Labute approximate surface area is 190 Å². The molecule has 0 saturated heterocycles. The summed E-state index contributed by atoms with van der Waals surface area (Å²) >= 11 is 1.24. The van der Waals surface area contributed by atoms with Crippen LogP contribution in [0.15, 0.2) is 48.5 Å². The van der Waals surface area contributed by atoms with Crippen molar-refractivity contribution >= 4 is 28.8 Å². The molecule has 1 aliphatic rings. The van der Waals surface area contributed by atoms with Gasteiger partial charge in [0, 0.05) is 18.5 Å². The monoisotopic (exact) mass is 452 g/mol. The second-order valence-corrected chi connectivity index (χ2v) is 8.43. The number of carbonyl (C=O) groups is 2. The van der Waals surface area contributed by atoms with E-state index in [1.807, 2.05) is 55.5 Å². The Hall–Kier alpha value is -3.46. The average molecular weight is 453 g/mol. The van der Waals surface area contributed by atoms with Crippen molar-refractivity contribution in [1.82, 2.24) is 15.5 Å². The first-order valence-electron chi connectivity index (χ1n) is 10.5. The second-order valence-electron chi connectivity index (χ2n) is 7.37. The highest BCUT2D eigenvalue weighted by Gasteiger charge is 2.17. The van der Waals surface area contributed by atoms with Crippen LogP contribution in [0, 0.1) is 0 Å². The van der Waals surface area contributed by atoms with Crippen LogP contribution < -0.4 is 20.1 Å². The van der Waals surface area contributed by atoms with Crippen molar-refractivity contribution in [2.24, 2.45) is 0 Å². The predicted molar refractivity (Wildman–Crippen MR) is 121 cm³/mol. The van der Waals surface area contributed by atoms with Gasteiger partial charge in [0.1, 0.15) is 18.2 Å². The molecule has 1 aromatic heterocycles. The van der Waals surface area contributed by atoms with Gasteiger partial charge < -0.3 is 20.1 Å². The van der Waals surface area contributed by atoms with Gasteiger partial charge in [-0.1, -0.05) is 35.6 Å². The third-order valence-corrected chi connectivity index (χ3v) is 5.91. The summed E-state index contributed by atoms with van der Waals surface area (Å²) in [6.07, 6.45) is 1.57. The van der Waals surface area contributed by atoms with Gasteiger partial charge in [0.15, 0.2) is 11.5 Å². The fraction of sp³-hybridized carbons (Fsp3) is 0.304. The van der Waals surface area contributed by atoms with Crippen LogP contribution in [0.3, 0.4) is 0 Å². The number of hydrogen-bond donors (Lipinski definition) is 2. The maximum Gasteiger partial charge on any atom is 0.286 e. The summed E-state index contributed by atoms with van der Waals surface area (Å²) in [5.41, 5.74) is 1.67. The third kappa shape index (κ3) is 5.61. The molecule has 0 spiro atoms. The minimum absolute atomic E-state index is 0.0426. The molecule has 2 heterocycles. The zero-order chi connectivity index (χ0) is 22.3. The van der Waals surface area contributed by atoms with Crippen molar-refractivity contribution in [3.8, 4) is 11.5 Å². The Morgan fingerprint density at radius 2 is 1.84 bits per heavy atom. The molecule has 32 heavy (non-hydrogen) atoms. The number of aromatic nitrogens is 2. The van der Waals surface area contributed by atoms with Crippen LogP contribution in [0.25, 0.3) is 0 Å². The van der Waals surface area contributed by atoms with Gasteiger partial charge >= 0.3 is 0 Å². The lowest BCUT2D eigenvalue weighted by Gasteiger charge is -2.21. The molecule has 0 bridgehead atoms. The first-order valence-corrected chi connectivity index (χ1v) is 11.3. The quantitative estimate of drug-likeness (QED) is 0.540. The number of rotatable bonds is 8. The molecule has 2 N–H and O–H groups in total. The normalized spacial score (nSPS) is 13.3. The van der Waals surface area contributed by atoms with Gasteiger partial charge in [0.05, 0.1) is 6.04 Å². The minimum atomic E-state index is -0.286. The van der Waals surface area contributed by atoms with Gasteiger partial charge in [-0.05, 0) is 43.2 Å². The summed E-state index contributed by atoms with van der Waals surface area (Å²) in [4.78, 5) is 24.6. The highest BCUT2D eigenvalue weighted by atomic mass is 32.1. The number of carbonyl (C=O) groups excluding carboxylic acids is 2. The Kier molecular flexibility index (Phi) is 6.96. The standard InChI is InChI=1S/C23H24N4O4S/c1-15(16-10-11-18-19(14-16)31-13-12-30-18)24-20(28)8-5-9-21-26-27-23(32-21)22(29)25-17-6-3-2-4-7-17/h2-4,6-7,10-11,14-15H,5,8-9,12-13H2,1H3,(H,24,28)(H,25,29)/t15-/m1/s1. The molecule has 0 aliphatic carbocycles. The molecular formula is C23H24N4O4S. The molecule has 2 aromatic carbocycles. The van der Waals surface area contributed by atoms with E-state index in [0.717, 1.165) is 16.3 Å². The number of nitrogens with zero attached hydrogens (tertiary/aromatic N) is 2. The number of ether oxygens (including phenoxy) is 2. The second kappa shape index (κ2) is 10.2. The smallest absolute Gasteiger partial charge is 0.286 e. The lowest BCUT2D eigenvalue weighted by atomic mass is 10.1. The topological polar surface area (TPSA) is 102 Å². The zero-order valence-electron chi connectivity index (χ0n) is 17.7. The predicted octanol–water partition coefficient (Wildman–Crippen LogP) is 3.76. The fourth-order valence-electron chi connectivity index (χ4n) is 3.28. The number of aryl methyl sites for hydroxylation is 1. The lowest BCUT2D eigenvalue weighted by molar-refractivity contribution is -0.121. The number of benzene rings is 2. The van der Waals surface area contributed by atoms with Crippen molar-refractivity contribution < 1.29 is 19.1 Å². The zero-order valence-corrected chi connectivity index (χ0v) is 18.5. The molecule has 9 heteroatoms. The molecule has 1 atom stereocenters. The van der Waals surface area contributed by atoms with Crippen LogP contribution in [0.5, 0.6) is 11.5 Å². The number of anilines is 1. The molecule has 8 nitrogen and oxygen atoms in total. The molecule has 1 aliphatic heterocycles. The van der Waals surface area contributed by atoms with Crippen molar-refractivity contribution in [2.75, 3.05) is 18.5 Å². The van der Waals surface area contributed by atoms with E-state index in [1.54, 1.807) is 0 Å². The van der Waals surface area contributed by atoms with Crippen LogP contribution in [0.2, 0.25) is 0 Å². The van der Waals surface area contributed by atoms with Gasteiger partial charge in [-0.15, -0.1) is 10.2 Å². The van der Waals surface area contributed by atoms with Crippen LogP contribution in [0.4, 0.5) is 5.69 Å². The van der Waals surface area contributed by atoms with Crippen molar-refractivity contribution in [1.29, 1.82) is 0 Å². The van der Waals surface area contributed by atoms with Gasteiger partial charge in [-0.2, -0.15) is 0 Å². The summed E-state index contributed by atoms with van der Waals surface area (Å²) in [5, 5.41) is 14.9. The molecule has 3 aromatic rings. The van der Waals surface area contributed by atoms with E-state index in [9.17, 15) is 9.59 Å². The number of amides is 2. The van der Waals surface area contributed by atoms with Gasteiger partial charge in [-0.3, -0.25) is 9.59 Å². The number of hydrogen-bond acceptors (Lipinski definition) is 7. The van der Waals surface area contributed by atoms with Crippen LogP contribution in [0.1, 0.15) is 46.2 Å². The lowest BCUT2D eigenvalue weighted by Crippen LogP contribution is -2.26. The molecule has 0 unspecified atom stereocenters. The molecule has 0 saturated carbocycles. The van der Waals surface area contributed by atoms with Crippen molar-refractivity contribution in [2.45, 2.75) is 32.2 Å². The van der Waals surface area contributed by atoms with E-state index in [-0.39, 0.29) is 17.9 Å². The van der Waals surface area contributed by atoms with E-state index < -0.39 is 0 Å². The first kappa shape index (κ1) is 21.8. The summed E-state index contributed by atoms with van der Waals surface area (Å²) in [7, 11) is 0. The molecular weight excluding hydrogens is 428 g/mol. The Bertz CT molecular complexity index is 1090. The maximum atomic E-state index is 12.4. The highest BCUT2D eigenvalue weighted by Crippen LogP contribution is 2.32. The fourth-order valence-corrected chi connectivity index (χ4v) is 4.06. The van der Waals surface area contributed by atoms with E-state index >= 15 is 0 Å². The van der Waals surface area contributed by atoms with Crippen molar-refractivity contribution in [3.05, 3.63) is 64.1 Å². The summed E-state index contributed by atoms with van der Waals surface area (Å²) in [5.74, 6) is 1.11. The molecule has 0 fully saturated rings. The third-order valence-electron chi connectivity index (χ3n) is 4.93. The SMILES string of the molecule is C[C@@H](NC(=O)CCCc1nnc(C(=O)Nc2ccccc2)s1)c1ccc2c(c1)OCCO2. The molecule has 166 valence electrons. The minimum Gasteiger partial charge on any atom is -0.486 e. The average Bonchev–Trinajstić information content (AvgIpc) is 3.28. The van der Waals surface area contributed by atoms with Gasteiger partial charge in [0.25, 0.3) is 5.91 Å². The Morgan fingerprint density at radius 1 is 1.06 bits per heavy atom. The van der Waals surface area contributed by atoms with Gasteiger partial charge in [-0.25, -0.2) is 0 Å².